The van der Waals surface area contributed by atoms with Crippen LogP contribution in [0, 0.1) is 0 Å². The predicted molar refractivity (Wildman–Crippen MR) is 61.8 cm³/mol. The molecular weight excluding hydrogens is 247 g/mol. The summed E-state index contributed by atoms with van der Waals surface area (Å²) in [5, 5.41) is 2.98. The number of halogens is 3. The number of nitrogens with zero attached hydrogens (tertiary/aromatic N) is 2. The Morgan fingerprint density at radius 2 is 2.00 bits per heavy atom. The maximum absolute atomic E-state index is 12.1. The van der Waals surface area contributed by atoms with Gasteiger partial charge in [0.25, 0.3) is 0 Å². The lowest BCUT2D eigenvalue weighted by Crippen LogP contribution is -2.21. The molecule has 0 spiro atoms. The maximum Gasteiger partial charge on any atom is 0.422 e. The smallest absolute Gasteiger partial charge is 0.422 e. The van der Waals surface area contributed by atoms with E-state index in [4.69, 9.17) is 4.74 Å². The molecule has 4 nitrogen and oxygen atoms in total. The van der Waals surface area contributed by atoms with Crippen molar-refractivity contribution in [3.8, 4) is 5.88 Å². The zero-order valence-corrected chi connectivity index (χ0v) is 10.5. The first-order chi connectivity index (χ1) is 8.35. The average Bonchev–Trinajstić information content (AvgIpc) is 2.25. The van der Waals surface area contributed by atoms with Gasteiger partial charge in [-0.3, -0.25) is 0 Å². The van der Waals surface area contributed by atoms with Gasteiger partial charge in [-0.2, -0.15) is 13.2 Å². The van der Waals surface area contributed by atoms with E-state index in [1.54, 1.807) is 0 Å². The number of ether oxygens (including phenoxy) is 1. The van der Waals surface area contributed by atoms with Crippen LogP contribution in [0.1, 0.15) is 32.3 Å². The van der Waals surface area contributed by atoms with Crippen LogP contribution in [0.5, 0.6) is 5.88 Å². The third-order valence-electron chi connectivity index (χ3n) is 2.14. The molecule has 0 aliphatic carbocycles. The van der Waals surface area contributed by atoms with E-state index in [2.05, 4.69) is 15.3 Å². The molecule has 0 atom stereocenters. The minimum atomic E-state index is -4.38. The number of alkyl halides is 3. The maximum atomic E-state index is 12.1. The lowest BCUT2D eigenvalue weighted by molar-refractivity contribution is -0.154. The largest absolute Gasteiger partial charge is 0.468 e. The summed E-state index contributed by atoms with van der Waals surface area (Å²) in [5.41, 5.74) is 0.559. The molecule has 102 valence electrons. The molecule has 0 fully saturated rings. The van der Waals surface area contributed by atoms with Crippen molar-refractivity contribution < 1.29 is 17.9 Å². The second kappa shape index (κ2) is 5.88. The van der Waals surface area contributed by atoms with Gasteiger partial charge in [-0.15, -0.1) is 0 Å². The van der Waals surface area contributed by atoms with Gasteiger partial charge in [0.2, 0.25) is 5.88 Å². The fourth-order valence-corrected chi connectivity index (χ4v) is 1.47. The monoisotopic (exact) mass is 263 g/mol. The topological polar surface area (TPSA) is 47.0 Å². The van der Waals surface area contributed by atoms with Crippen molar-refractivity contribution in [2.75, 3.05) is 18.5 Å². The summed E-state index contributed by atoms with van der Waals surface area (Å²) in [6.07, 6.45) is -3.19. The molecule has 18 heavy (non-hydrogen) atoms. The Bertz CT molecular complexity index is 394. The second-order valence-electron chi connectivity index (χ2n) is 4.03. The van der Waals surface area contributed by atoms with Crippen LogP contribution in [0.25, 0.3) is 0 Å². The van der Waals surface area contributed by atoms with Gasteiger partial charge in [0, 0.05) is 6.54 Å². The zero-order valence-electron chi connectivity index (χ0n) is 10.5. The Balaban J connectivity index is 2.99. The second-order valence-corrected chi connectivity index (χ2v) is 4.03. The summed E-state index contributed by atoms with van der Waals surface area (Å²) in [6.45, 7) is 4.84. The number of aromatic nitrogens is 2. The minimum Gasteiger partial charge on any atom is -0.468 e. The van der Waals surface area contributed by atoms with E-state index in [0.717, 1.165) is 0 Å². The standard InChI is InChI=1S/C11H16F3N3O/c1-4-15-9-8(7(2)3)10(17-6-16-9)18-5-11(12,13)14/h6-7H,4-5H2,1-3H3,(H,15,16,17). The molecule has 0 saturated carbocycles. The number of rotatable bonds is 5. The molecule has 0 unspecified atom stereocenters. The lowest BCUT2D eigenvalue weighted by atomic mass is 10.1. The molecule has 0 aliphatic rings. The fraction of sp³-hybridized carbons (Fsp3) is 0.636. The molecule has 1 rings (SSSR count). The Labute approximate surface area is 104 Å². The van der Waals surface area contributed by atoms with Crippen molar-refractivity contribution in [3.05, 3.63) is 11.9 Å². The van der Waals surface area contributed by atoms with Gasteiger partial charge in [0.05, 0.1) is 5.56 Å². The van der Waals surface area contributed by atoms with Crippen LogP contribution in [-0.2, 0) is 0 Å². The molecule has 0 aromatic carbocycles. The molecule has 0 aliphatic heterocycles. The summed E-state index contributed by atoms with van der Waals surface area (Å²) in [5.74, 6) is 0.455. The van der Waals surface area contributed by atoms with Crippen LogP contribution < -0.4 is 10.1 Å². The highest BCUT2D eigenvalue weighted by molar-refractivity contribution is 5.50. The van der Waals surface area contributed by atoms with E-state index in [1.807, 2.05) is 20.8 Å². The third-order valence-corrected chi connectivity index (χ3v) is 2.14. The van der Waals surface area contributed by atoms with Crippen LogP contribution in [-0.4, -0.2) is 29.3 Å². The highest BCUT2D eigenvalue weighted by Crippen LogP contribution is 2.30. The number of anilines is 1. The minimum absolute atomic E-state index is 0.0201. The van der Waals surface area contributed by atoms with E-state index in [0.29, 0.717) is 17.9 Å². The first kappa shape index (κ1) is 14.5. The van der Waals surface area contributed by atoms with Gasteiger partial charge in [-0.05, 0) is 12.8 Å². The summed E-state index contributed by atoms with van der Waals surface area (Å²) >= 11 is 0. The number of hydrogen-bond donors (Lipinski definition) is 1. The molecule has 1 aromatic rings. The van der Waals surface area contributed by atoms with Gasteiger partial charge < -0.3 is 10.1 Å². The van der Waals surface area contributed by atoms with Crippen molar-refractivity contribution in [1.29, 1.82) is 0 Å². The van der Waals surface area contributed by atoms with Crippen LogP contribution in [0.2, 0.25) is 0 Å². The molecule has 1 heterocycles. The van der Waals surface area contributed by atoms with Crippen molar-refractivity contribution in [2.45, 2.75) is 32.9 Å². The van der Waals surface area contributed by atoms with E-state index in [-0.39, 0.29) is 11.8 Å². The predicted octanol–water partition coefficient (Wildman–Crippen LogP) is 2.97. The Kier molecular flexibility index (Phi) is 4.75. The highest BCUT2D eigenvalue weighted by Gasteiger charge is 2.29. The van der Waals surface area contributed by atoms with Gasteiger partial charge in [-0.1, -0.05) is 13.8 Å². The van der Waals surface area contributed by atoms with Gasteiger partial charge in [0.1, 0.15) is 12.1 Å². The van der Waals surface area contributed by atoms with E-state index >= 15 is 0 Å². The third kappa shape index (κ3) is 4.05. The SMILES string of the molecule is CCNc1ncnc(OCC(F)(F)F)c1C(C)C. The number of hydrogen-bond acceptors (Lipinski definition) is 4. The summed E-state index contributed by atoms with van der Waals surface area (Å²) in [6, 6.07) is 0. The van der Waals surface area contributed by atoms with Crippen molar-refractivity contribution in [1.82, 2.24) is 9.97 Å². The molecule has 0 saturated heterocycles. The molecule has 7 heteroatoms. The summed E-state index contributed by atoms with van der Waals surface area (Å²) in [4.78, 5) is 7.78. The van der Waals surface area contributed by atoms with Gasteiger partial charge in [-0.25, -0.2) is 9.97 Å². The van der Waals surface area contributed by atoms with Crippen molar-refractivity contribution >= 4 is 5.82 Å². The van der Waals surface area contributed by atoms with E-state index in [1.165, 1.54) is 6.33 Å². The molecule has 0 bridgehead atoms. The summed E-state index contributed by atoms with van der Waals surface area (Å²) in [7, 11) is 0. The normalized spacial score (nSPS) is 11.7. The average molecular weight is 263 g/mol. The van der Waals surface area contributed by atoms with Crippen molar-refractivity contribution in [2.24, 2.45) is 0 Å². The number of nitrogens with one attached hydrogen (secondary N) is 1. The quantitative estimate of drug-likeness (QED) is 0.887. The summed E-state index contributed by atoms with van der Waals surface area (Å²) < 4.78 is 41.1. The lowest BCUT2D eigenvalue weighted by Gasteiger charge is -2.17. The van der Waals surface area contributed by atoms with E-state index in [9.17, 15) is 13.2 Å². The molecule has 1 aromatic heterocycles. The zero-order chi connectivity index (χ0) is 13.8. The molecular formula is C11H16F3N3O. The Hall–Kier alpha value is -1.53. The van der Waals surface area contributed by atoms with Crippen molar-refractivity contribution in [3.63, 3.8) is 0 Å². The molecule has 0 radical (unpaired) electrons. The van der Waals surface area contributed by atoms with Crippen LogP contribution in [0.15, 0.2) is 6.33 Å². The molecule has 1 N–H and O–H groups in total. The van der Waals surface area contributed by atoms with Gasteiger partial charge in [0.15, 0.2) is 6.61 Å². The highest BCUT2D eigenvalue weighted by atomic mass is 19.4. The Morgan fingerprint density at radius 3 is 2.50 bits per heavy atom. The van der Waals surface area contributed by atoms with Crippen LogP contribution in [0.4, 0.5) is 19.0 Å². The Morgan fingerprint density at radius 1 is 1.33 bits per heavy atom. The molecule has 0 amide bonds. The first-order valence-electron chi connectivity index (χ1n) is 5.63. The fourth-order valence-electron chi connectivity index (χ4n) is 1.47. The van der Waals surface area contributed by atoms with Crippen LogP contribution in [0.3, 0.4) is 0 Å². The van der Waals surface area contributed by atoms with Gasteiger partial charge >= 0.3 is 6.18 Å². The van der Waals surface area contributed by atoms with Crippen LogP contribution >= 0.6 is 0 Å². The van der Waals surface area contributed by atoms with E-state index < -0.39 is 12.8 Å². The first-order valence-corrected chi connectivity index (χ1v) is 5.63.